The molecular formula is C27H28ClNO6. The monoisotopic (exact) mass is 497 g/mol. The zero-order valence-electron chi connectivity index (χ0n) is 19.0. The molecule has 0 spiro atoms. The molecular weight excluding hydrogens is 470 g/mol. The van der Waals surface area contributed by atoms with E-state index in [1.54, 1.807) is 66.7 Å². The number of carbonyl (C=O) groups is 2. The molecule has 6 N–H and O–H groups in total. The van der Waals surface area contributed by atoms with Gasteiger partial charge in [-0.05, 0) is 59.8 Å². The second-order valence-corrected chi connectivity index (χ2v) is 7.42. The maximum atomic E-state index is 10.2. The van der Waals surface area contributed by atoms with E-state index in [2.05, 4.69) is 0 Å². The molecule has 1 atom stereocenters. The van der Waals surface area contributed by atoms with E-state index in [4.69, 9.17) is 15.9 Å². The highest BCUT2D eigenvalue weighted by Crippen LogP contribution is 2.31. The minimum Gasteiger partial charge on any atom is -0.508 e. The van der Waals surface area contributed by atoms with Gasteiger partial charge in [-0.3, -0.25) is 0 Å². The average Bonchev–Trinajstić information content (AvgIpc) is 2.85. The van der Waals surface area contributed by atoms with Crippen molar-refractivity contribution in [2.24, 2.45) is 5.73 Å². The van der Waals surface area contributed by atoms with Crippen molar-refractivity contribution in [2.75, 3.05) is 6.54 Å². The van der Waals surface area contributed by atoms with Crippen molar-refractivity contribution >= 4 is 35.1 Å². The number of rotatable bonds is 4. The number of hydrogen-bond acceptors (Lipinski definition) is 5. The number of nitrogens with two attached hydrogens (primary N) is 1. The van der Waals surface area contributed by atoms with Crippen LogP contribution in [0.4, 0.5) is 0 Å². The number of carboxylic acids is 2. The molecule has 0 bridgehead atoms. The van der Waals surface area contributed by atoms with E-state index in [-0.39, 0.29) is 29.8 Å². The third-order valence-electron chi connectivity index (χ3n) is 4.91. The van der Waals surface area contributed by atoms with E-state index in [1.807, 2.05) is 25.1 Å². The van der Waals surface area contributed by atoms with Crippen molar-refractivity contribution in [3.8, 4) is 11.5 Å². The summed E-state index contributed by atoms with van der Waals surface area (Å²) in [6, 6.07) is 25.3. The number of phenols is 2. The molecule has 8 heteroatoms. The Morgan fingerprint density at radius 1 is 0.771 bits per heavy atom. The molecule has 0 heterocycles. The Hall–Kier alpha value is -4.07. The Bertz CT molecular complexity index is 1180. The number of fused-ring (bicyclic) bond motifs is 1. The predicted molar refractivity (Wildman–Crippen MR) is 139 cm³/mol. The summed E-state index contributed by atoms with van der Waals surface area (Å²) in [6.07, 6.45) is 0. The lowest BCUT2D eigenvalue weighted by Crippen LogP contribution is -2.08. The molecule has 0 saturated heterocycles. The third kappa shape index (κ3) is 9.00. The van der Waals surface area contributed by atoms with Crippen LogP contribution < -0.4 is 5.73 Å². The first-order valence-corrected chi connectivity index (χ1v) is 10.4. The van der Waals surface area contributed by atoms with Crippen LogP contribution in [0.1, 0.15) is 39.1 Å². The van der Waals surface area contributed by atoms with E-state index in [1.165, 1.54) is 6.07 Å². The smallest absolute Gasteiger partial charge is 0.335 e. The van der Waals surface area contributed by atoms with Gasteiger partial charge in [0.1, 0.15) is 11.5 Å². The maximum Gasteiger partial charge on any atom is 0.335 e. The van der Waals surface area contributed by atoms with Crippen molar-refractivity contribution in [3.63, 3.8) is 0 Å². The summed E-state index contributed by atoms with van der Waals surface area (Å²) in [5, 5.41) is 37.4. The van der Waals surface area contributed by atoms with Crippen LogP contribution in [0.3, 0.4) is 0 Å². The lowest BCUT2D eigenvalue weighted by atomic mass is 9.97. The summed E-state index contributed by atoms with van der Waals surface area (Å²) in [5.74, 6) is -1.32. The van der Waals surface area contributed by atoms with E-state index in [9.17, 15) is 19.8 Å². The topological polar surface area (TPSA) is 141 Å². The molecule has 0 saturated carbocycles. The van der Waals surface area contributed by atoms with Crippen molar-refractivity contribution < 1.29 is 30.0 Å². The Labute approximate surface area is 209 Å². The Balaban J connectivity index is 0.000000278. The summed E-state index contributed by atoms with van der Waals surface area (Å²) < 4.78 is 0. The first-order valence-electron chi connectivity index (χ1n) is 10.4. The van der Waals surface area contributed by atoms with Crippen LogP contribution in [0, 0.1) is 0 Å². The molecule has 4 aromatic rings. The second kappa shape index (κ2) is 14.2. The van der Waals surface area contributed by atoms with Gasteiger partial charge in [-0.25, -0.2) is 9.59 Å². The largest absolute Gasteiger partial charge is 0.508 e. The van der Waals surface area contributed by atoms with Crippen LogP contribution in [-0.4, -0.2) is 38.9 Å². The van der Waals surface area contributed by atoms with Crippen LogP contribution in [0.5, 0.6) is 11.5 Å². The van der Waals surface area contributed by atoms with Crippen LogP contribution in [0.25, 0.3) is 10.8 Å². The van der Waals surface area contributed by atoms with Gasteiger partial charge in [-0.2, -0.15) is 0 Å². The summed E-state index contributed by atoms with van der Waals surface area (Å²) in [4.78, 5) is 20.4. The van der Waals surface area contributed by atoms with Crippen LogP contribution in [0.15, 0.2) is 91.0 Å². The van der Waals surface area contributed by atoms with Crippen molar-refractivity contribution in [2.45, 2.75) is 12.8 Å². The molecule has 4 rings (SSSR count). The Morgan fingerprint density at radius 2 is 1.26 bits per heavy atom. The van der Waals surface area contributed by atoms with Crippen molar-refractivity contribution in [1.82, 2.24) is 0 Å². The fraction of sp³-hybridized carbons (Fsp3) is 0.111. The van der Waals surface area contributed by atoms with Gasteiger partial charge in [0.05, 0.1) is 11.1 Å². The number of carboxylic acid groups (broad SMARTS) is 2. The van der Waals surface area contributed by atoms with E-state index < -0.39 is 11.9 Å². The number of halogens is 1. The number of aromatic hydroxyl groups is 2. The maximum absolute atomic E-state index is 10.2. The molecule has 7 nitrogen and oxygen atoms in total. The van der Waals surface area contributed by atoms with Gasteiger partial charge >= 0.3 is 11.9 Å². The highest BCUT2D eigenvalue weighted by atomic mass is 35.5. The number of aromatic carboxylic acids is 2. The van der Waals surface area contributed by atoms with Gasteiger partial charge in [0.25, 0.3) is 0 Å². The molecule has 35 heavy (non-hydrogen) atoms. The quantitative estimate of drug-likeness (QED) is 0.250. The molecule has 184 valence electrons. The minimum atomic E-state index is -0.879. The number of benzene rings is 4. The Kier molecular flexibility index (Phi) is 11.8. The van der Waals surface area contributed by atoms with E-state index in [0.717, 1.165) is 16.3 Å². The molecule has 0 radical (unpaired) electrons. The zero-order chi connectivity index (χ0) is 25.1. The summed E-state index contributed by atoms with van der Waals surface area (Å²) in [5.41, 5.74) is 7.36. The normalized spacial score (nSPS) is 10.5. The SMILES string of the molecule is CC(CN)c1ccc2cc(O)cc(O)c2c1.Cl.O=C(O)c1ccccc1.O=C(O)c1ccccc1. The van der Waals surface area contributed by atoms with Crippen LogP contribution in [0.2, 0.25) is 0 Å². The van der Waals surface area contributed by atoms with Crippen LogP contribution >= 0.6 is 12.4 Å². The summed E-state index contributed by atoms with van der Waals surface area (Å²) in [7, 11) is 0. The third-order valence-corrected chi connectivity index (χ3v) is 4.91. The van der Waals surface area contributed by atoms with Gasteiger partial charge < -0.3 is 26.2 Å². The van der Waals surface area contributed by atoms with E-state index in [0.29, 0.717) is 17.7 Å². The van der Waals surface area contributed by atoms with Gasteiger partial charge in [0.15, 0.2) is 0 Å². The van der Waals surface area contributed by atoms with Gasteiger partial charge in [-0.15, -0.1) is 12.4 Å². The van der Waals surface area contributed by atoms with Gasteiger partial charge in [0, 0.05) is 11.5 Å². The second-order valence-electron chi connectivity index (χ2n) is 7.42. The molecule has 4 aromatic carbocycles. The highest BCUT2D eigenvalue weighted by molar-refractivity contribution is 5.90. The Morgan fingerprint density at radius 3 is 1.66 bits per heavy atom. The fourth-order valence-corrected chi connectivity index (χ4v) is 2.94. The summed E-state index contributed by atoms with van der Waals surface area (Å²) in [6.45, 7) is 2.61. The average molecular weight is 498 g/mol. The fourth-order valence-electron chi connectivity index (χ4n) is 2.94. The molecule has 1 unspecified atom stereocenters. The van der Waals surface area contributed by atoms with Crippen molar-refractivity contribution in [1.29, 1.82) is 0 Å². The highest BCUT2D eigenvalue weighted by Gasteiger charge is 2.07. The number of hydrogen-bond donors (Lipinski definition) is 5. The zero-order valence-corrected chi connectivity index (χ0v) is 19.9. The molecule has 0 amide bonds. The molecule has 0 aromatic heterocycles. The van der Waals surface area contributed by atoms with Crippen molar-refractivity contribution in [3.05, 3.63) is 108 Å². The summed E-state index contributed by atoms with van der Waals surface area (Å²) >= 11 is 0. The van der Waals surface area contributed by atoms with Gasteiger partial charge in [-0.1, -0.05) is 55.5 Å². The van der Waals surface area contributed by atoms with Gasteiger partial charge in [0.2, 0.25) is 0 Å². The van der Waals surface area contributed by atoms with Crippen LogP contribution in [-0.2, 0) is 0 Å². The first-order chi connectivity index (χ1) is 16.2. The van der Waals surface area contributed by atoms with E-state index >= 15 is 0 Å². The molecule has 0 aliphatic carbocycles. The molecule has 0 aliphatic heterocycles. The first kappa shape index (κ1) is 29.0. The predicted octanol–water partition coefficient (Wildman–Crippen LogP) is 5.50. The lowest BCUT2D eigenvalue weighted by molar-refractivity contribution is 0.0686. The lowest BCUT2D eigenvalue weighted by Gasteiger charge is -2.10. The molecule has 0 aliphatic rings. The number of phenolic OH excluding ortho intramolecular Hbond substituents is 2. The molecule has 0 fully saturated rings. The standard InChI is InChI=1S/C13H15NO2.2C7H6O2.ClH/c1-8(7-14)9-2-3-10-4-11(15)6-13(16)12(10)5-9;2*8-7(9)6-4-2-1-3-5-6;/h2-6,8,15-16H,7,14H2,1H3;2*1-5H,(H,8,9);1H. The minimum absolute atomic E-state index is 0.